The fourth-order valence-electron chi connectivity index (χ4n) is 3.67. The minimum absolute atomic E-state index is 0.00949. The monoisotopic (exact) mass is 409 g/mol. The van der Waals surface area contributed by atoms with Crippen LogP contribution in [0.5, 0.6) is 0 Å². The van der Waals surface area contributed by atoms with Crippen molar-refractivity contribution in [2.24, 2.45) is 0 Å². The third-order valence-electron chi connectivity index (χ3n) is 4.92. The lowest BCUT2D eigenvalue weighted by Crippen LogP contribution is -2.33. The molecule has 11 heteroatoms. The molecule has 1 saturated heterocycles. The van der Waals surface area contributed by atoms with Crippen LogP contribution in [0.2, 0.25) is 0 Å². The smallest absolute Gasteiger partial charge is 0.416 e. The first-order valence-electron chi connectivity index (χ1n) is 9.12. The van der Waals surface area contributed by atoms with E-state index in [1.807, 2.05) is 4.90 Å². The van der Waals surface area contributed by atoms with Gasteiger partial charge in [0, 0.05) is 0 Å². The number of benzene rings is 1. The number of fused-ring (bicyclic) bond motifs is 1. The average molecular weight is 409 g/mol. The van der Waals surface area contributed by atoms with Crippen LogP contribution in [0.3, 0.4) is 0 Å². The molecule has 1 aliphatic heterocycles. The van der Waals surface area contributed by atoms with Crippen molar-refractivity contribution in [3.8, 4) is 0 Å². The summed E-state index contributed by atoms with van der Waals surface area (Å²) < 4.78 is 44.3. The topological polar surface area (TPSA) is 97.3 Å². The number of aromatic nitrogens is 4. The maximum Gasteiger partial charge on any atom is 0.470 e. The van der Waals surface area contributed by atoms with Crippen LogP contribution in [-0.2, 0) is 19.3 Å². The Kier molecular flexibility index (Phi) is 5.09. The number of aliphatic hydroxyl groups is 1. The Balaban J connectivity index is 1.69. The average Bonchev–Trinajstić information content (AvgIpc) is 3.34. The predicted octanol–water partition coefficient (Wildman–Crippen LogP) is 2.13. The minimum atomic E-state index is -4.70. The normalized spacial score (nSPS) is 18.0. The minimum Gasteiger partial charge on any atom is -0.416 e. The van der Waals surface area contributed by atoms with Crippen LogP contribution in [0.4, 0.5) is 13.2 Å². The van der Waals surface area contributed by atoms with Crippen molar-refractivity contribution in [1.82, 2.24) is 24.6 Å². The molecule has 1 fully saturated rings. The molecule has 1 aliphatic rings. The molecule has 29 heavy (non-hydrogen) atoms. The number of halogens is 3. The van der Waals surface area contributed by atoms with Crippen molar-refractivity contribution >= 4 is 10.9 Å². The van der Waals surface area contributed by atoms with Crippen LogP contribution < -0.4 is 5.56 Å². The fourth-order valence-corrected chi connectivity index (χ4v) is 3.67. The highest BCUT2D eigenvalue weighted by Crippen LogP contribution is 2.33. The van der Waals surface area contributed by atoms with Crippen molar-refractivity contribution in [3.63, 3.8) is 0 Å². The van der Waals surface area contributed by atoms with Crippen LogP contribution in [-0.4, -0.2) is 42.9 Å². The summed E-state index contributed by atoms with van der Waals surface area (Å²) >= 11 is 0. The summed E-state index contributed by atoms with van der Waals surface area (Å²) in [4.78, 5) is 19.4. The van der Waals surface area contributed by atoms with Gasteiger partial charge in [0.2, 0.25) is 5.89 Å². The molecular weight excluding hydrogens is 391 g/mol. The van der Waals surface area contributed by atoms with E-state index >= 15 is 0 Å². The number of alkyl halides is 3. The molecule has 0 radical (unpaired) electrons. The van der Waals surface area contributed by atoms with E-state index in [9.17, 15) is 23.1 Å². The number of likely N-dealkylation sites (tertiary alicyclic amines) is 1. The standard InChI is InChI=1S/C18H18F3N5O3/c19-18(20,21)17-24-23-14(29-17)10-25-7-3-6-13(25)15-22-12-5-2-1-4-11(12)16(28)26(15)8-9-27/h1-2,4-5,13,27H,3,6-10H2. The number of hydrogen-bond donors (Lipinski definition) is 1. The molecule has 0 saturated carbocycles. The molecule has 3 heterocycles. The SMILES string of the molecule is O=c1c2ccccc2nc(C2CCCN2Cc2nnc(C(F)(F)F)o2)n1CCO. The van der Waals surface area contributed by atoms with Gasteiger partial charge in [0.05, 0.1) is 36.6 Å². The van der Waals surface area contributed by atoms with Crippen molar-refractivity contribution in [2.75, 3.05) is 13.2 Å². The Hall–Kier alpha value is -2.79. The van der Waals surface area contributed by atoms with Gasteiger partial charge in [0.15, 0.2) is 0 Å². The summed E-state index contributed by atoms with van der Waals surface area (Å²) in [6.07, 6.45) is -3.26. The van der Waals surface area contributed by atoms with Gasteiger partial charge in [-0.3, -0.25) is 14.3 Å². The quantitative estimate of drug-likeness (QED) is 0.689. The van der Waals surface area contributed by atoms with Gasteiger partial charge in [0.25, 0.3) is 5.56 Å². The molecule has 1 unspecified atom stereocenters. The van der Waals surface area contributed by atoms with Gasteiger partial charge in [-0.25, -0.2) is 4.98 Å². The summed E-state index contributed by atoms with van der Waals surface area (Å²) in [5.74, 6) is -1.07. The van der Waals surface area contributed by atoms with E-state index in [0.717, 1.165) is 6.42 Å². The van der Waals surface area contributed by atoms with Crippen LogP contribution in [0, 0.1) is 0 Å². The highest BCUT2D eigenvalue weighted by molar-refractivity contribution is 5.77. The predicted molar refractivity (Wildman–Crippen MR) is 94.8 cm³/mol. The van der Waals surface area contributed by atoms with Crippen molar-refractivity contribution in [1.29, 1.82) is 0 Å². The molecule has 0 spiro atoms. The summed E-state index contributed by atoms with van der Waals surface area (Å²) in [6, 6.07) is 6.60. The summed E-state index contributed by atoms with van der Waals surface area (Å²) in [5.41, 5.74) is 0.273. The second kappa shape index (κ2) is 7.56. The zero-order valence-corrected chi connectivity index (χ0v) is 15.3. The van der Waals surface area contributed by atoms with E-state index in [4.69, 9.17) is 4.42 Å². The maximum absolute atomic E-state index is 12.9. The Labute approximate surface area is 162 Å². The molecule has 1 N–H and O–H groups in total. The van der Waals surface area contributed by atoms with Gasteiger partial charge in [-0.1, -0.05) is 12.1 Å². The fraction of sp³-hybridized carbons (Fsp3) is 0.444. The zero-order valence-electron chi connectivity index (χ0n) is 15.3. The van der Waals surface area contributed by atoms with Gasteiger partial charge in [-0.05, 0) is 31.5 Å². The van der Waals surface area contributed by atoms with Crippen molar-refractivity contribution in [2.45, 2.75) is 38.1 Å². The maximum atomic E-state index is 12.9. The molecular formula is C18H18F3N5O3. The lowest BCUT2D eigenvalue weighted by Gasteiger charge is -2.25. The molecule has 4 rings (SSSR count). The first-order chi connectivity index (χ1) is 13.9. The van der Waals surface area contributed by atoms with Crippen LogP contribution in [0.25, 0.3) is 10.9 Å². The van der Waals surface area contributed by atoms with Crippen molar-refractivity contribution < 1.29 is 22.7 Å². The molecule has 0 amide bonds. The zero-order chi connectivity index (χ0) is 20.6. The van der Waals surface area contributed by atoms with E-state index < -0.39 is 12.1 Å². The Morgan fingerprint density at radius 3 is 2.76 bits per heavy atom. The van der Waals surface area contributed by atoms with E-state index in [2.05, 4.69) is 15.2 Å². The van der Waals surface area contributed by atoms with Crippen LogP contribution in [0.15, 0.2) is 33.5 Å². The van der Waals surface area contributed by atoms with Crippen molar-refractivity contribution in [3.05, 3.63) is 52.2 Å². The lowest BCUT2D eigenvalue weighted by molar-refractivity contribution is -0.157. The molecule has 0 aliphatic carbocycles. The van der Waals surface area contributed by atoms with Crippen LogP contribution >= 0.6 is 0 Å². The van der Waals surface area contributed by atoms with E-state index in [1.165, 1.54) is 4.57 Å². The molecule has 1 aromatic carbocycles. The Morgan fingerprint density at radius 1 is 1.24 bits per heavy atom. The largest absolute Gasteiger partial charge is 0.470 e. The summed E-state index contributed by atoms with van der Waals surface area (Å²) in [7, 11) is 0. The molecule has 3 aromatic rings. The molecule has 0 bridgehead atoms. The Morgan fingerprint density at radius 2 is 2.03 bits per heavy atom. The summed E-state index contributed by atoms with van der Waals surface area (Å²) in [5, 5.41) is 16.4. The molecule has 8 nitrogen and oxygen atoms in total. The lowest BCUT2D eigenvalue weighted by atomic mass is 10.1. The highest BCUT2D eigenvalue weighted by Gasteiger charge is 2.39. The van der Waals surface area contributed by atoms with E-state index in [0.29, 0.717) is 29.7 Å². The number of para-hydroxylation sites is 1. The number of nitrogens with zero attached hydrogens (tertiary/aromatic N) is 5. The number of hydrogen-bond acceptors (Lipinski definition) is 7. The molecule has 154 valence electrons. The summed E-state index contributed by atoms with van der Waals surface area (Å²) in [6.45, 7) is 0.430. The third-order valence-corrected chi connectivity index (χ3v) is 4.92. The van der Waals surface area contributed by atoms with Gasteiger partial charge < -0.3 is 9.52 Å². The van der Waals surface area contributed by atoms with Gasteiger partial charge in [-0.15, -0.1) is 10.2 Å². The van der Waals surface area contributed by atoms with E-state index in [1.54, 1.807) is 24.3 Å². The number of aliphatic hydroxyl groups excluding tert-OH is 1. The molecule has 1 atom stereocenters. The third kappa shape index (κ3) is 3.75. The molecule has 2 aromatic heterocycles. The highest BCUT2D eigenvalue weighted by atomic mass is 19.4. The number of rotatable bonds is 5. The Bertz CT molecular complexity index is 1080. The van der Waals surface area contributed by atoms with Crippen LogP contribution in [0.1, 0.15) is 36.5 Å². The first kappa shape index (κ1) is 19.5. The van der Waals surface area contributed by atoms with Gasteiger partial charge >= 0.3 is 12.1 Å². The second-order valence-corrected chi connectivity index (χ2v) is 6.79. The van der Waals surface area contributed by atoms with E-state index in [-0.39, 0.29) is 37.2 Å². The second-order valence-electron chi connectivity index (χ2n) is 6.79. The van der Waals surface area contributed by atoms with Gasteiger partial charge in [-0.2, -0.15) is 13.2 Å². The first-order valence-corrected chi connectivity index (χ1v) is 9.12. The van der Waals surface area contributed by atoms with Gasteiger partial charge in [0.1, 0.15) is 5.82 Å².